The van der Waals surface area contributed by atoms with Crippen molar-refractivity contribution in [3.63, 3.8) is 0 Å². The molecule has 162 valence electrons. The molecule has 0 aliphatic rings. The van der Waals surface area contributed by atoms with Crippen molar-refractivity contribution in [3.05, 3.63) is 63.6 Å². The molecule has 0 radical (unpaired) electrons. The first-order chi connectivity index (χ1) is 14.2. The van der Waals surface area contributed by atoms with Crippen LogP contribution in [0.1, 0.15) is 37.5 Å². The highest BCUT2D eigenvalue weighted by atomic mass is 79.9. The normalized spacial score (nSPS) is 11.8. The zero-order valence-electron chi connectivity index (χ0n) is 18.4. The molecule has 0 aliphatic heterocycles. The van der Waals surface area contributed by atoms with Gasteiger partial charge in [-0.3, -0.25) is 9.59 Å². The molecular formula is C24H31BrN2O3. The summed E-state index contributed by atoms with van der Waals surface area (Å²) in [5.74, 6) is 0.564. The van der Waals surface area contributed by atoms with E-state index in [1.807, 2.05) is 70.2 Å². The first-order valence-corrected chi connectivity index (χ1v) is 11.0. The van der Waals surface area contributed by atoms with Gasteiger partial charge < -0.3 is 15.0 Å². The maximum atomic E-state index is 13.0. The van der Waals surface area contributed by atoms with Gasteiger partial charge in [0.05, 0.1) is 0 Å². The molecular weight excluding hydrogens is 444 g/mol. The van der Waals surface area contributed by atoms with Crippen LogP contribution in [0.2, 0.25) is 0 Å². The van der Waals surface area contributed by atoms with Gasteiger partial charge >= 0.3 is 0 Å². The van der Waals surface area contributed by atoms with Gasteiger partial charge in [0, 0.05) is 17.6 Å². The van der Waals surface area contributed by atoms with Crippen LogP contribution in [0, 0.1) is 19.8 Å². The minimum Gasteiger partial charge on any atom is -0.484 e. The van der Waals surface area contributed by atoms with Crippen molar-refractivity contribution < 1.29 is 14.3 Å². The summed E-state index contributed by atoms with van der Waals surface area (Å²) < 4.78 is 6.71. The summed E-state index contributed by atoms with van der Waals surface area (Å²) in [6, 6.07) is 12.9. The molecule has 30 heavy (non-hydrogen) atoms. The monoisotopic (exact) mass is 474 g/mol. The first kappa shape index (κ1) is 23.9. The van der Waals surface area contributed by atoms with Gasteiger partial charge in [0.1, 0.15) is 11.8 Å². The van der Waals surface area contributed by atoms with Crippen molar-refractivity contribution in [2.45, 2.75) is 47.2 Å². The molecule has 0 unspecified atom stereocenters. The van der Waals surface area contributed by atoms with Gasteiger partial charge in [-0.2, -0.15) is 0 Å². The number of halogens is 1. The molecule has 0 heterocycles. The number of ether oxygens (including phenoxy) is 1. The number of carbonyl (C=O) groups is 2. The van der Waals surface area contributed by atoms with Crippen LogP contribution in [-0.2, 0) is 16.1 Å². The molecule has 2 amide bonds. The lowest BCUT2D eigenvalue weighted by Crippen LogP contribution is -2.49. The lowest BCUT2D eigenvalue weighted by molar-refractivity contribution is -0.142. The van der Waals surface area contributed by atoms with Gasteiger partial charge in [0.15, 0.2) is 6.61 Å². The number of nitrogens with one attached hydrogen (secondary N) is 1. The molecule has 6 heteroatoms. The highest BCUT2D eigenvalue weighted by Gasteiger charge is 2.26. The third-order valence-corrected chi connectivity index (χ3v) is 5.71. The van der Waals surface area contributed by atoms with Crippen LogP contribution in [0.3, 0.4) is 0 Å². The summed E-state index contributed by atoms with van der Waals surface area (Å²) in [4.78, 5) is 27.3. The van der Waals surface area contributed by atoms with Crippen LogP contribution in [-0.4, -0.2) is 35.9 Å². The summed E-state index contributed by atoms with van der Waals surface area (Å²) in [5, 5.41) is 2.92. The lowest BCUT2D eigenvalue weighted by atomic mass is 10.1. The number of aryl methyl sites for hydroxylation is 2. The van der Waals surface area contributed by atoms with Crippen LogP contribution >= 0.6 is 15.9 Å². The zero-order valence-corrected chi connectivity index (χ0v) is 20.0. The van der Waals surface area contributed by atoms with E-state index in [0.717, 1.165) is 21.2 Å². The Balaban J connectivity index is 2.13. The Kier molecular flexibility index (Phi) is 8.90. The highest BCUT2D eigenvalue weighted by molar-refractivity contribution is 9.10. The number of nitrogens with zero attached hydrogens (tertiary/aromatic N) is 1. The van der Waals surface area contributed by atoms with Crippen LogP contribution < -0.4 is 10.1 Å². The van der Waals surface area contributed by atoms with Gasteiger partial charge in [-0.1, -0.05) is 59.6 Å². The van der Waals surface area contributed by atoms with E-state index in [2.05, 4.69) is 21.2 Å². The second kappa shape index (κ2) is 11.2. The third-order valence-electron chi connectivity index (χ3n) is 4.82. The molecule has 0 bridgehead atoms. The van der Waals surface area contributed by atoms with Gasteiger partial charge in [0.2, 0.25) is 5.91 Å². The fraction of sp³-hybridized carbons (Fsp3) is 0.417. The number of amides is 2. The molecule has 5 nitrogen and oxygen atoms in total. The number of benzene rings is 2. The van der Waals surface area contributed by atoms with Gasteiger partial charge in [0.25, 0.3) is 5.91 Å². The van der Waals surface area contributed by atoms with Crippen molar-refractivity contribution in [1.29, 1.82) is 0 Å². The molecule has 1 N–H and O–H groups in total. The van der Waals surface area contributed by atoms with E-state index in [0.29, 0.717) is 24.8 Å². The lowest BCUT2D eigenvalue weighted by Gasteiger charge is -2.29. The molecule has 2 rings (SSSR count). The Morgan fingerprint density at radius 1 is 1.07 bits per heavy atom. The molecule has 2 aromatic rings. The number of hydrogen-bond donors (Lipinski definition) is 1. The second-order valence-electron chi connectivity index (χ2n) is 8.02. The summed E-state index contributed by atoms with van der Waals surface area (Å²) in [7, 11) is 0. The third kappa shape index (κ3) is 7.17. The smallest absolute Gasteiger partial charge is 0.261 e. The zero-order chi connectivity index (χ0) is 22.3. The average molecular weight is 475 g/mol. The fourth-order valence-corrected chi connectivity index (χ4v) is 3.11. The van der Waals surface area contributed by atoms with E-state index in [1.165, 1.54) is 0 Å². The summed E-state index contributed by atoms with van der Waals surface area (Å²) in [6.45, 7) is 10.6. The minimum atomic E-state index is -0.604. The Morgan fingerprint density at radius 3 is 2.33 bits per heavy atom. The van der Waals surface area contributed by atoms with E-state index >= 15 is 0 Å². The summed E-state index contributed by atoms with van der Waals surface area (Å²) in [6.07, 6.45) is 0. The summed E-state index contributed by atoms with van der Waals surface area (Å²) in [5.41, 5.74) is 3.14. The standard InChI is InChI=1S/C24H31BrN2O3/c1-16(2)13-26-24(29)19(5)27(14-20-8-6-17(3)7-9-20)23(28)15-30-21-10-11-22(25)18(4)12-21/h6-12,16,19H,13-15H2,1-5H3,(H,26,29)/t19-/m0/s1. The maximum Gasteiger partial charge on any atom is 0.261 e. The maximum absolute atomic E-state index is 13.0. The van der Waals surface area contributed by atoms with E-state index in [1.54, 1.807) is 11.8 Å². The molecule has 1 atom stereocenters. The van der Waals surface area contributed by atoms with E-state index in [4.69, 9.17) is 4.74 Å². The minimum absolute atomic E-state index is 0.130. The molecule has 0 spiro atoms. The fourth-order valence-electron chi connectivity index (χ4n) is 2.86. The van der Waals surface area contributed by atoms with Crippen molar-refractivity contribution in [2.75, 3.05) is 13.2 Å². The van der Waals surface area contributed by atoms with Crippen LogP contribution in [0.25, 0.3) is 0 Å². The molecule has 0 saturated heterocycles. The van der Waals surface area contributed by atoms with Crippen LogP contribution in [0.4, 0.5) is 0 Å². The number of rotatable bonds is 9. The van der Waals surface area contributed by atoms with Crippen LogP contribution in [0.15, 0.2) is 46.9 Å². The van der Waals surface area contributed by atoms with Crippen molar-refractivity contribution in [3.8, 4) is 5.75 Å². The Bertz CT molecular complexity index is 865. The predicted molar refractivity (Wildman–Crippen MR) is 123 cm³/mol. The topological polar surface area (TPSA) is 58.6 Å². The number of carbonyl (C=O) groups excluding carboxylic acids is 2. The Labute approximate surface area is 187 Å². The SMILES string of the molecule is Cc1ccc(CN(C(=O)COc2ccc(Br)c(C)c2)[C@@H](C)C(=O)NCC(C)C)cc1. The number of hydrogen-bond acceptors (Lipinski definition) is 3. The van der Waals surface area contributed by atoms with Gasteiger partial charge in [-0.05, 0) is 56.0 Å². The largest absolute Gasteiger partial charge is 0.484 e. The first-order valence-electron chi connectivity index (χ1n) is 10.2. The average Bonchev–Trinajstić information content (AvgIpc) is 2.71. The van der Waals surface area contributed by atoms with Crippen molar-refractivity contribution in [1.82, 2.24) is 10.2 Å². The van der Waals surface area contributed by atoms with E-state index in [9.17, 15) is 9.59 Å². The van der Waals surface area contributed by atoms with Gasteiger partial charge in [-0.25, -0.2) is 0 Å². The van der Waals surface area contributed by atoms with Gasteiger partial charge in [-0.15, -0.1) is 0 Å². The highest BCUT2D eigenvalue weighted by Crippen LogP contribution is 2.22. The Morgan fingerprint density at radius 2 is 1.73 bits per heavy atom. The molecule has 0 fully saturated rings. The van der Waals surface area contributed by atoms with Crippen molar-refractivity contribution >= 4 is 27.7 Å². The van der Waals surface area contributed by atoms with Crippen molar-refractivity contribution in [2.24, 2.45) is 5.92 Å². The summed E-state index contributed by atoms with van der Waals surface area (Å²) >= 11 is 3.46. The predicted octanol–water partition coefficient (Wildman–Crippen LogP) is 4.63. The molecule has 2 aromatic carbocycles. The van der Waals surface area contributed by atoms with Crippen LogP contribution in [0.5, 0.6) is 5.75 Å². The quantitative estimate of drug-likeness (QED) is 0.575. The molecule has 0 saturated carbocycles. The molecule has 0 aromatic heterocycles. The second-order valence-corrected chi connectivity index (χ2v) is 8.88. The Hall–Kier alpha value is -2.34. The van der Waals surface area contributed by atoms with E-state index in [-0.39, 0.29) is 18.4 Å². The van der Waals surface area contributed by atoms with E-state index < -0.39 is 6.04 Å². The molecule has 0 aliphatic carbocycles.